The first-order chi connectivity index (χ1) is 10.6. The van der Waals surface area contributed by atoms with Crippen LogP contribution in [0.2, 0.25) is 0 Å². The molecule has 1 aromatic heterocycles. The van der Waals surface area contributed by atoms with E-state index in [0.29, 0.717) is 17.8 Å². The lowest BCUT2D eigenvalue weighted by Gasteiger charge is -2.23. The van der Waals surface area contributed by atoms with Crippen LogP contribution in [0.3, 0.4) is 0 Å². The van der Waals surface area contributed by atoms with Gasteiger partial charge in [-0.3, -0.25) is 4.79 Å². The van der Waals surface area contributed by atoms with Gasteiger partial charge in [0.1, 0.15) is 5.58 Å². The van der Waals surface area contributed by atoms with Crippen molar-refractivity contribution in [3.63, 3.8) is 0 Å². The molecule has 3 heterocycles. The van der Waals surface area contributed by atoms with Gasteiger partial charge in [-0.2, -0.15) is 0 Å². The number of amides is 1. The summed E-state index contributed by atoms with van der Waals surface area (Å²) in [4.78, 5) is 14.9. The number of aryl methyl sites for hydroxylation is 1. The molecule has 1 N–H and O–H groups in total. The summed E-state index contributed by atoms with van der Waals surface area (Å²) in [5.74, 6) is 0.519. The van der Waals surface area contributed by atoms with E-state index in [0.717, 1.165) is 40.5 Å². The smallest absolute Gasteiger partial charge is 0.289 e. The zero-order chi connectivity index (χ0) is 15.3. The third-order valence-electron chi connectivity index (χ3n) is 4.90. The number of likely N-dealkylation sites (tertiary alicyclic amines) is 1. The van der Waals surface area contributed by atoms with Crippen molar-refractivity contribution in [3.8, 4) is 0 Å². The molecule has 4 rings (SSSR count). The Balaban J connectivity index is 0.00000156. The van der Waals surface area contributed by atoms with Gasteiger partial charge in [0, 0.05) is 40.6 Å². The summed E-state index contributed by atoms with van der Waals surface area (Å²) in [5, 5.41) is 4.61. The molecule has 2 unspecified atom stereocenters. The first-order valence-corrected chi connectivity index (χ1v) is 8.65. The highest BCUT2D eigenvalue weighted by molar-refractivity contribution is 9.10. The molecule has 2 saturated heterocycles. The number of nitrogens with zero attached hydrogens (tertiary/aromatic N) is 1. The fraction of sp³-hybridized carbons (Fsp3) is 0.471. The first kappa shape index (κ1) is 16.8. The zero-order valence-corrected chi connectivity index (χ0v) is 15.4. The van der Waals surface area contributed by atoms with E-state index in [1.165, 1.54) is 12.8 Å². The summed E-state index contributed by atoms with van der Waals surface area (Å²) in [6.07, 6.45) is 3.44. The highest BCUT2D eigenvalue weighted by atomic mass is 79.9. The van der Waals surface area contributed by atoms with Crippen LogP contribution in [0.5, 0.6) is 0 Å². The molecule has 0 radical (unpaired) electrons. The van der Waals surface area contributed by atoms with E-state index in [-0.39, 0.29) is 18.3 Å². The maximum Gasteiger partial charge on any atom is 0.289 e. The van der Waals surface area contributed by atoms with Crippen LogP contribution >= 0.6 is 28.3 Å². The zero-order valence-electron chi connectivity index (χ0n) is 13.0. The predicted molar refractivity (Wildman–Crippen MR) is 96.4 cm³/mol. The number of furan rings is 1. The summed E-state index contributed by atoms with van der Waals surface area (Å²) in [5.41, 5.74) is 1.71. The average molecular weight is 400 g/mol. The molecule has 4 nitrogen and oxygen atoms in total. The van der Waals surface area contributed by atoms with Crippen molar-refractivity contribution in [2.24, 2.45) is 0 Å². The minimum absolute atomic E-state index is 0. The topological polar surface area (TPSA) is 45.5 Å². The Kier molecular flexibility index (Phi) is 4.72. The highest BCUT2D eigenvalue weighted by Crippen LogP contribution is 2.30. The van der Waals surface area contributed by atoms with Gasteiger partial charge in [-0.05, 0) is 44.4 Å². The molecule has 1 amide bonds. The van der Waals surface area contributed by atoms with Crippen LogP contribution in [0, 0.1) is 6.92 Å². The molecule has 0 aliphatic carbocycles. The van der Waals surface area contributed by atoms with E-state index >= 15 is 0 Å². The Labute approximate surface area is 150 Å². The quantitative estimate of drug-likeness (QED) is 0.791. The van der Waals surface area contributed by atoms with Crippen LogP contribution in [0.4, 0.5) is 0 Å². The number of carbonyl (C=O) groups excluding carboxylic acids is 1. The van der Waals surface area contributed by atoms with Gasteiger partial charge in [0.2, 0.25) is 0 Å². The third kappa shape index (κ3) is 3.02. The molecular formula is C17H20BrClN2O2. The number of halogens is 2. The van der Waals surface area contributed by atoms with Crippen LogP contribution in [0.25, 0.3) is 11.0 Å². The molecule has 2 aromatic rings. The molecule has 23 heavy (non-hydrogen) atoms. The van der Waals surface area contributed by atoms with Gasteiger partial charge < -0.3 is 14.6 Å². The van der Waals surface area contributed by atoms with E-state index in [1.54, 1.807) is 0 Å². The van der Waals surface area contributed by atoms with E-state index < -0.39 is 0 Å². The second-order valence-electron chi connectivity index (χ2n) is 6.37. The van der Waals surface area contributed by atoms with Crippen molar-refractivity contribution in [2.45, 2.75) is 38.3 Å². The number of nitrogens with one attached hydrogen (secondary N) is 1. The van der Waals surface area contributed by atoms with Crippen molar-refractivity contribution < 1.29 is 9.21 Å². The van der Waals surface area contributed by atoms with Gasteiger partial charge in [0.25, 0.3) is 5.91 Å². The van der Waals surface area contributed by atoms with Crippen molar-refractivity contribution in [1.82, 2.24) is 10.2 Å². The molecule has 124 valence electrons. The van der Waals surface area contributed by atoms with Gasteiger partial charge in [-0.15, -0.1) is 12.4 Å². The lowest BCUT2D eigenvalue weighted by Crippen LogP contribution is -2.39. The highest BCUT2D eigenvalue weighted by Gasteiger charge is 2.33. The summed E-state index contributed by atoms with van der Waals surface area (Å²) >= 11 is 3.48. The van der Waals surface area contributed by atoms with Crippen LogP contribution in [0.1, 0.15) is 35.4 Å². The molecular weight excluding hydrogens is 380 g/mol. The summed E-state index contributed by atoms with van der Waals surface area (Å²) in [6, 6.07) is 6.88. The van der Waals surface area contributed by atoms with Crippen LogP contribution in [-0.4, -0.2) is 36.0 Å². The molecule has 2 bridgehead atoms. The lowest BCUT2D eigenvalue weighted by atomic mass is 10.1. The first-order valence-electron chi connectivity index (χ1n) is 7.86. The summed E-state index contributed by atoms with van der Waals surface area (Å²) < 4.78 is 6.86. The van der Waals surface area contributed by atoms with E-state index in [4.69, 9.17) is 4.42 Å². The molecule has 1 aromatic carbocycles. The molecule has 2 aliphatic rings. The van der Waals surface area contributed by atoms with E-state index in [2.05, 4.69) is 21.2 Å². The number of rotatable bonds is 1. The fourth-order valence-electron chi connectivity index (χ4n) is 3.67. The van der Waals surface area contributed by atoms with Gasteiger partial charge in [-0.25, -0.2) is 0 Å². The van der Waals surface area contributed by atoms with Crippen molar-refractivity contribution >= 4 is 45.2 Å². The molecule has 0 spiro atoms. The van der Waals surface area contributed by atoms with Crippen molar-refractivity contribution in [1.29, 1.82) is 0 Å². The number of benzene rings is 1. The summed E-state index contributed by atoms with van der Waals surface area (Å²) in [7, 11) is 0. The maximum absolute atomic E-state index is 12.9. The fourth-order valence-corrected chi connectivity index (χ4v) is 4.03. The Morgan fingerprint density at radius 1 is 1.30 bits per heavy atom. The Hall–Kier alpha value is -1.04. The van der Waals surface area contributed by atoms with Gasteiger partial charge in [0.15, 0.2) is 5.76 Å². The third-order valence-corrected chi connectivity index (χ3v) is 5.40. The maximum atomic E-state index is 12.9. The number of hydrogen-bond acceptors (Lipinski definition) is 3. The number of hydrogen-bond donors (Lipinski definition) is 1. The average Bonchev–Trinajstić information content (AvgIpc) is 2.99. The van der Waals surface area contributed by atoms with E-state index in [1.807, 2.05) is 30.0 Å². The van der Waals surface area contributed by atoms with Crippen LogP contribution < -0.4 is 5.32 Å². The Morgan fingerprint density at radius 2 is 2.09 bits per heavy atom. The predicted octanol–water partition coefficient (Wildman–Crippen LogP) is 3.89. The van der Waals surface area contributed by atoms with Gasteiger partial charge in [-0.1, -0.05) is 15.9 Å². The van der Waals surface area contributed by atoms with E-state index in [9.17, 15) is 4.79 Å². The molecule has 0 saturated carbocycles. The number of fused-ring (bicyclic) bond motifs is 3. The monoisotopic (exact) mass is 398 g/mol. The molecule has 2 aliphatic heterocycles. The Morgan fingerprint density at radius 3 is 2.91 bits per heavy atom. The Bertz CT molecular complexity index is 746. The van der Waals surface area contributed by atoms with Crippen molar-refractivity contribution in [3.05, 3.63) is 34.0 Å². The normalized spacial score (nSPS) is 23.7. The minimum Gasteiger partial charge on any atom is -0.451 e. The van der Waals surface area contributed by atoms with Gasteiger partial charge in [0.05, 0.1) is 0 Å². The second-order valence-corrected chi connectivity index (χ2v) is 7.29. The van der Waals surface area contributed by atoms with Crippen molar-refractivity contribution in [2.75, 3.05) is 13.1 Å². The standard InChI is InChI=1S/C17H19BrN2O2.ClH/c1-10-14-8-11(18)2-5-15(14)22-16(10)17(21)20-7-6-12-3-4-13(9-20)19-12;/h2,5,8,12-13,19H,3-4,6-7,9H2,1H3;1H. The van der Waals surface area contributed by atoms with Gasteiger partial charge >= 0.3 is 0 Å². The second kappa shape index (κ2) is 6.46. The largest absolute Gasteiger partial charge is 0.451 e. The molecule has 6 heteroatoms. The summed E-state index contributed by atoms with van der Waals surface area (Å²) in [6.45, 7) is 3.57. The molecule has 2 fully saturated rings. The van der Waals surface area contributed by atoms with Crippen LogP contribution in [-0.2, 0) is 0 Å². The number of carbonyl (C=O) groups is 1. The lowest BCUT2D eigenvalue weighted by molar-refractivity contribution is 0.0717. The minimum atomic E-state index is 0. The van der Waals surface area contributed by atoms with Crippen LogP contribution in [0.15, 0.2) is 27.1 Å². The SMILES string of the molecule is Cc1c(C(=O)N2CCC3CCC(C2)N3)oc2ccc(Br)cc12.Cl. The molecule has 2 atom stereocenters.